The molecule has 1 N–H and O–H groups in total. The number of amides is 1. The molecule has 1 fully saturated rings. The number of benzene rings is 1. The van der Waals surface area contributed by atoms with Gasteiger partial charge in [0.05, 0.1) is 18.1 Å². The molecule has 1 heterocycles. The van der Waals surface area contributed by atoms with Gasteiger partial charge >= 0.3 is 0 Å². The highest BCUT2D eigenvalue weighted by Crippen LogP contribution is 2.21. The molecule has 0 spiro atoms. The first kappa shape index (κ1) is 15.8. The molecule has 0 unspecified atom stereocenters. The highest BCUT2D eigenvalue weighted by atomic mass is 32.2. The van der Waals surface area contributed by atoms with Crippen molar-refractivity contribution in [3.05, 3.63) is 29.8 Å². The maximum absolute atomic E-state index is 11.7. The van der Waals surface area contributed by atoms with E-state index >= 15 is 0 Å². The zero-order chi connectivity index (χ0) is 15.3. The van der Waals surface area contributed by atoms with E-state index < -0.39 is 9.84 Å². The van der Waals surface area contributed by atoms with Crippen molar-refractivity contribution in [3.8, 4) is 5.75 Å². The van der Waals surface area contributed by atoms with Gasteiger partial charge in [-0.1, -0.05) is 17.7 Å². The molecule has 0 aromatic heterocycles. The first-order valence-electron chi connectivity index (χ1n) is 7.11. The fourth-order valence-electron chi connectivity index (χ4n) is 2.36. The molecule has 1 amide bonds. The quantitative estimate of drug-likeness (QED) is 0.804. The van der Waals surface area contributed by atoms with Crippen LogP contribution < -0.4 is 10.1 Å². The molecule has 1 atom stereocenters. The normalized spacial score (nSPS) is 20.1. The molecule has 1 aromatic carbocycles. The number of ether oxygens (including phenoxy) is 1. The molecule has 0 bridgehead atoms. The van der Waals surface area contributed by atoms with Gasteiger partial charge in [0.2, 0.25) is 5.91 Å². The predicted molar refractivity (Wildman–Crippen MR) is 81.1 cm³/mol. The number of nitrogens with one attached hydrogen (secondary N) is 1. The van der Waals surface area contributed by atoms with E-state index in [1.807, 2.05) is 31.2 Å². The van der Waals surface area contributed by atoms with Gasteiger partial charge in [0.1, 0.15) is 12.4 Å². The lowest BCUT2D eigenvalue weighted by Gasteiger charge is -2.10. The van der Waals surface area contributed by atoms with Gasteiger partial charge in [-0.15, -0.1) is 0 Å². The van der Waals surface area contributed by atoms with Crippen molar-refractivity contribution in [2.45, 2.75) is 19.8 Å². The van der Waals surface area contributed by atoms with Gasteiger partial charge in [-0.05, 0) is 31.4 Å². The molecule has 21 heavy (non-hydrogen) atoms. The Morgan fingerprint density at radius 3 is 2.67 bits per heavy atom. The monoisotopic (exact) mass is 311 g/mol. The second-order valence-electron chi connectivity index (χ2n) is 5.48. The van der Waals surface area contributed by atoms with Crippen LogP contribution in [0.3, 0.4) is 0 Å². The van der Waals surface area contributed by atoms with Gasteiger partial charge in [0.25, 0.3) is 0 Å². The number of carbonyl (C=O) groups is 1. The summed E-state index contributed by atoms with van der Waals surface area (Å²) in [4.78, 5) is 11.7. The zero-order valence-corrected chi connectivity index (χ0v) is 13.0. The van der Waals surface area contributed by atoms with Crippen molar-refractivity contribution >= 4 is 15.7 Å². The van der Waals surface area contributed by atoms with Crippen LogP contribution in [-0.2, 0) is 14.6 Å². The minimum atomic E-state index is -2.91. The number of sulfone groups is 1. The van der Waals surface area contributed by atoms with Crippen LogP contribution >= 0.6 is 0 Å². The summed E-state index contributed by atoms with van der Waals surface area (Å²) in [5.74, 6) is 0.983. The fraction of sp³-hybridized carbons (Fsp3) is 0.533. The number of hydrogen-bond donors (Lipinski definition) is 1. The van der Waals surface area contributed by atoms with Crippen LogP contribution in [0, 0.1) is 12.8 Å². The van der Waals surface area contributed by atoms with E-state index in [9.17, 15) is 13.2 Å². The van der Waals surface area contributed by atoms with Gasteiger partial charge in [0.15, 0.2) is 9.84 Å². The van der Waals surface area contributed by atoms with Gasteiger partial charge in [-0.25, -0.2) is 8.42 Å². The molecule has 1 saturated heterocycles. The fourth-order valence-corrected chi connectivity index (χ4v) is 4.22. The van der Waals surface area contributed by atoms with Crippen molar-refractivity contribution in [1.82, 2.24) is 5.32 Å². The summed E-state index contributed by atoms with van der Waals surface area (Å²) in [5, 5.41) is 2.76. The molecule has 1 aromatic rings. The van der Waals surface area contributed by atoms with Crippen LogP contribution in [0.2, 0.25) is 0 Å². The van der Waals surface area contributed by atoms with E-state index in [-0.39, 0.29) is 29.8 Å². The Labute approximate surface area is 125 Å². The van der Waals surface area contributed by atoms with Gasteiger partial charge in [-0.3, -0.25) is 4.79 Å². The molecule has 116 valence electrons. The van der Waals surface area contributed by atoms with Gasteiger partial charge in [-0.2, -0.15) is 0 Å². The van der Waals surface area contributed by atoms with Crippen molar-refractivity contribution < 1.29 is 17.9 Å². The third-order valence-electron chi connectivity index (χ3n) is 3.51. The van der Waals surface area contributed by atoms with Crippen LogP contribution in [-0.4, -0.2) is 39.0 Å². The summed E-state index contributed by atoms with van der Waals surface area (Å²) in [6.45, 7) is 2.83. The summed E-state index contributed by atoms with van der Waals surface area (Å²) in [5.41, 5.74) is 1.17. The lowest BCUT2D eigenvalue weighted by atomic mass is 10.1. The summed E-state index contributed by atoms with van der Waals surface area (Å²) < 4.78 is 28.1. The average Bonchev–Trinajstić information content (AvgIpc) is 2.76. The predicted octanol–water partition coefficient (Wildman–Crippen LogP) is 1.31. The molecule has 0 aliphatic carbocycles. The molecule has 6 heteroatoms. The summed E-state index contributed by atoms with van der Waals surface area (Å²) in [6, 6.07) is 7.71. The molecule has 0 radical (unpaired) electrons. The van der Waals surface area contributed by atoms with Gasteiger partial charge in [0, 0.05) is 6.42 Å². The Balaban J connectivity index is 1.62. The highest BCUT2D eigenvalue weighted by molar-refractivity contribution is 7.91. The Hall–Kier alpha value is -1.56. The van der Waals surface area contributed by atoms with E-state index in [0.29, 0.717) is 19.6 Å². The standard InChI is InChI=1S/C15H21NO4S/c1-12-2-4-14(5-3-12)20-8-7-16-15(17)10-13-6-9-21(18,19)11-13/h2-5,13H,6-11H2,1H3,(H,16,17)/t13-/m1/s1. The molecular weight excluding hydrogens is 290 g/mol. The lowest BCUT2D eigenvalue weighted by molar-refractivity contribution is -0.121. The average molecular weight is 311 g/mol. The summed E-state index contributed by atoms with van der Waals surface area (Å²) in [6.07, 6.45) is 0.874. The van der Waals surface area contributed by atoms with Crippen LogP contribution in [0.4, 0.5) is 0 Å². The molecular formula is C15H21NO4S. The Morgan fingerprint density at radius 2 is 2.05 bits per heavy atom. The van der Waals surface area contributed by atoms with Crippen LogP contribution in [0.1, 0.15) is 18.4 Å². The third-order valence-corrected chi connectivity index (χ3v) is 5.35. The van der Waals surface area contributed by atoms with Crippen LogP contribution in [0.25, 0.3) is 0 Å². The van der Waals surface area contributed by atoms with Crippen LogP contribution in [0.5, 0.6) is 5.75 Å². The van der Waals surface area contributed by atoms with Crippen LogP contribution in [0.15, 0.2) is 24.3 Å². The number of rotatable bonds is 6. The topological polar surface area (TPSA) is 72.5 Å². The smallest absolute Gasteiger partial charge is 0.220 e. The second-order valence-corrected chi connectivity index (χ2v) is 7.71. The Bertz CT molecular complexity index is 580. The van der Waals surface area contributed by atoms with Gasteiger partial charge < -0.3 is 10.1 Å². The van der Waals surface area contributed by atoms with Crippen molar-refractivity contribution in [2.75, 3.05) is 24.7 Å². The highest BCUT2D eigenvalue weighted by Gasteiger charge is 2.29. The van der Waals surface area contributed by atoms with Crippen molar-refractivity contribution in [1.29, 1.82) is 0 Å². The largest absolute Gasteiger partial charge is 0.492 e. The minimum Gasteiger partial charge on any atom is -0.492 e. The number of aryl methyl sites for hydroxylation is 1. The molecule has 2 rings (SSSR count). The number of hydrogen-bond acceptors (Lipinski definition) is 4. The Kier molecular flexibility index (Phi) is 5.22. The molecule has 0 saturated carbocycles. The second kappa shape index (κ2) is 6.93. The third kappa shape index (κ3) is 5.38. The molecule has 1 aliphatic heterocycles. The number of carbonyl (C=O) groups excluding carboxylic acids is 1. The van der Waals surface area contributed by atoms with E-state index in [2.05, 4.69) is 5.32 Å². The summed E-state index contributed by atoms with van der Waals surface area (Å²) in [7, 11) is -2.91. The van der Waals surface area contributed by atoms with Crippen molar-refractivity contribution in [3.63, 3.8) is 0 Å². The van der Waals surface area contributed by atoms with Crippen molar-refractivity contribution in [2.24, 2.45) is 5.92 Å². The zero-order valence-electron chi connectivity index (χ0n) is 12.2. The van der Waals surface area contributed by atoms with E-state index in [1.54, 1.807) is 0 Å². The first-order chi connectivity index (χ1) is 9.94. The SMILES string of the molecule is Cc1ccc(OCCNC(=O)C[C@H]2CCS(=O)(=O)C2)cc1. The Morgan fingerprint density at radius 1 is 1.33 bits per heavy atom. The van der Waals surface area contributed by atoms with E-state index in [0.717, 1.165) is 5.75 Å². The lowest BCUT2D eigenvalue weighted by Crippen LogP contribution is -2.29. The van der Waals surface area contributed by atoms with E-state index in [1.165, 1.54) is 5.56 Å². The molecule has 1 aliphatic rings. The van der Waals surface area contributed by atoms with E-state index in [4.69, 9.17) is 4.74 Å². The first-order valence-corrected chi connectivity index (χ1v) is 8.93. The maximum Gasteiger partial charge on any atom is 0.220 e. The molecule has 5 nitrogen and oxygen atoms in total. The maximum atomic E-state index is 11.7. The minimum absolute atomic E-state index is 0.0342. The summed E-state index contributed by atoms with van der Waals surface area (Å²) >= 11 is 0.